The molecule has 0 fully saturated rings. The number of aryl methyl sites for hydroxylation is 2. The first-order chi connectivity index (χ1) is 13.8. The number of hydrogen-bond donors (Lipinski definition) is 1. The van der Waals surface area contributed by atoms with E-state index in [1.807, 2.05) is 35.0 Å². The Bertz CT molecular complexity index is 1120. The first-order valence-corrected chi connectivity index (χ1v) is 9.91. The van der Waals surface area contributed by atoms with E-state index in [1.165, 1.54) is 24.1 Å². The molecule has 0 amide bonds. The zero-order valence-corrected chi connectivity index (χ0v) is 16.0. The molecule has 5 rings (SSSR count). The lowest BCUT2D eigenvalue weighted by Gasteiger charge is -2.20. The van der Waals surface area contributed by atoms with E-state index in [0.717, 1.165) is 46.8 Å². The number of benzene rings is 1. The Morgan fingerprint density at radius 1 is 1.00 bits per heavy atom. The number of anilines is 1. The van der Waals surface area contributed by atoms with Crippen LogP contribution in [-0.4, -0.2) is 19.6 Å². The summed E-state index contributed by atoms with van der Waals surface area (Å²) in [5.74, 6) is 1.07. The third-order valence-electron chi connectivity index (χ3n) is 5.44. The lowest BCUT2D eigenvalue weighted by Crippen LogP contribution is -2.15. The Hall–Kier alpha value is -3.21. The molecule has 0 radical (unpaired) electrons. The van der Waals surface area contributed by atoms with Crippen molar-refractivity contribution >= 4 is 11.5 Å². The fourth-order valence-corrected chi connectivity index (χ4v) is 4.10. The van der Waals surface area contributed by atoms with Gasteiger partial charge in [0.05, 0.1) is 17.9 Å². The van der Waals surface area contributed by atoms with Crippen LogP contribution in [0, 0.1) is 6.92 Å². The fraction of sp³-hybridized carbons (Fsp3) is 0.261. The molecule has 1 aliphatic rings. The molecule has 0 unspecified atom stereocenters. The summed E-state index contributed by atoms with van der Waals surface area (Å²) in [6, 6.07) is 16.4. The molecule has 0 aliphatic heterocycles. The number of rotatable bonds is 4. The molecule has 4 aromatic rings. The van der Waals surface area contributed by atoms with Gasteiger partial charge in [0.25, 0.3) is 0 Å². The Balaban J connectivity index is 1.67. The highest BCUT2D eigenvalue weighted by molar-refractivity contribution is 5.81. The molecule has 0 spiro atoms. The van der Waals surface area contributed by atoms with Gasteiger partial charge in [0, 0.05) is 23.0 Å². The molecular weight excluding hydrogens is 346 g/mol. The predicted octanol–water partition coefficient (Wildman–Crippen LogP) is 4.59. The van der Waals surface area contributed by atoms with Crippen LogP contribution in [-0.2, 0) is 19.4 Å². The van der Waals surface area contributed by atoms with Gasteiger partial charge in [-0.3, -0.25) is 4.98 Å². The summed E-state index contributed by atoms with van der Waals surface area (Å²) in [6.07, 6.45) is 6.30. The fourth-order valence-electron chi connectivity index (χ4n) is 4.10. The number of nitrogens with one attached hydrogen (secondary N) is 1. The second-order valence-electron chi connectivity index (χ2n) is 7.33. The molecule has 0 atom stereocenters. The van der Waals surface area contributed by atoms with Gasteiger partial charge >= 0.3 is 0 Å². The topological polar surface area (TPSA) is 55.1 Å². The summed E-state index contributed by atoms with van der Waals surface area (Å²) in [7, 11) is 0. The van der Waals surface area contributed by atoms with Crippen LogP contribution in [0.15, 0.2) is 54.7 Å². The van der Waals surface area contributed by atoms with E-state index in [1.54, 1.807) is 0 Å². The molecule has 5 nitrogen and oxygen atoms in total. The van der Waals surface area contributed by atoms with E-state index in [-0.39, 0.29) is 0 Å². The van der Waals surface area contributed by atoms with Gasteiger partial charge in [-0.15, -0.1) is 0 Å². The van der Waals surface area contributed by atoms with Crippen molar-refractivity contribution in [2.24, 2.45) is 0 Å². The molecule has 3 aromatic heterocycles. The average molecular weight is 369 g/mol. The van der Waals surface area contributed by atoms with Gasteiger partial charge in [-0.2, -0.15) is 9.61 Å². The highest BCUT2D eigenvalue weighted by Crippen LogP contribution is 2.33. The number of nitrogens with zero attached hydrogens (tertiary/aromatic N) is 4. The minimum atomic E-state index is 0.673. The number of pyridine rings is 1. The number of fused-ring (bicyclic) bond motifs is 2. The molecule has 0 saturated carbocycles. The van der Waals surface area contributed by atoms with Gasteiger partial charge < -0.3 is 5.32 Å². The van der Waals surface area contributed by atoms with Gasteiger partial charge in [-0.25, -0.2) is 4.98 Å². The van der Waals surface area contributed by atoms with E-state index < -0.39 is 0 Å². The molecule has 3 heterocycles. The Labute approximate surface area is 164 Å². The Kier molecular flexibility index (Phi) is 4.28. The van der Waals surface area contributed by atoms with Crippen LogP contribution < -0.4 is 5.32 Å². The number of aromatic nitrogens is 4. The van der Waals surface area contributed by atoms with Crippen LogP contribution in [0.1, 0.15) is 35.5 Å². The van der Waals surface area contributed by atoms with Crippen molar-refractivity contribution in [2.45, 2.75) is 39.2 Å². The summed E-state index contributed by atoms with van der Waals surface area (Å²) in [5.41, 5.74) is 7.75. The maximum absolute atomic E-state index is 5.07. The lowest BCUT2D eigenvalue weighted by atomic mass is 9.96. The predicted molar refractivity (Wildman–Crippen MR) is 111 cm³/mol. The Morgan fingerprint density at radius 3 is 2.64 bits per heavy atom. The molecule has 0 bridgehead atoms. The minimum Gasteiger partial charge on any atom is -0.364 e. The third kappa shape index (κ3) is 2.93. The third-order valence-corrected chi connectivity index (χ3v) is 5.44. The normalized spacial score (nSPS) is 13.5. The van der Waals surface area contributed by atoms with Crippen LogP contribution in [0.2, 0.25) is 0 Å². The van der Waals surface area contributed by atoms with Crippen molar-refractivity contribution in [2.75, 3.05) is 5.32 Å². The van der Waals surface area contributed by atoms with Crippen molar-refractivity contribution in [1.82, 2.24) is 19.6 Å². The SMILES string of the molecule is Cc1nn2c(NCc3ccccn3)c3c(nc2c1-c1ccccc1)CCCC3. The Morgan fingerprint density at radius 2 is 1.82 bits per heavy atom. The summed E-state index contributed by atoms with van der Waals surface area (Å²) in [6.45, 7) is 2.74. The average Bonchev–Trinajstić information content (AvgIpc) is 3.08. The van der Waals surface area contributed by atoms with Crippen LogP contribution >= 0.6 is 0 Å². The van der Waals surface area contributed by atoms with Gasteiger partial charge in [0.2, 0.25) is 0 Å². The summed E-state index contributed by atoms with van der Waals surface area (Å²) in [5, 5.41) is 8.50. The van der Waals surface area contributed by atoms with Gasteiger partial charge in [-0.1, -0.05) is 36.4 Å². The zero-order chi connectivity index (χ0) is 18.9. The van der Waals surface area contributed by atoms with Crippen LogP contribution in [0.25, 0.3) is 16.8 Å². The van der Waals surface area contributed by atoms with Crippen molar-refractivity contribution in [3.8, 4) is 11.1 Å². The van der Waals surface area contributed by atoms with Gasteiger partial charge in [0.1, 0.15) is 5.82 Å². The van der Waals surface area contributed by atoms with Crippen LogP contribution in [0.4, 0.5) is 5.82 Å². The first-order valence-electron chi connectivity index (χ1n) is 9.91. The van der Waals surface area contributed by atoms with E-state index in [0.29, 0.717) is 6.54 Å². The van der Waals surface area contributed by atoms with E-state index in [2.05, 4.69) is 41.5 Å². The summed E-state index contributed by atoms with van der Waals surface area (Å²) < 4.78 is 2.00. The van der Waals surface area contributed by atoms with E-state index in [4.69, 9.17) is 10.1 Å². The maximum atomic E-state index is 5.07. The second-order valence-corrected chi connectivity index (χ2v) is 7.33. The van der Waals surface area contributed by atoms with Gasteiger partial charge in [-0.05, 0) is 50.3 Å². The van der Waals surface area contributed by atoms with E-state index in [9.17, 15) is 0 Å². The summed E-state index contributed by atoms with van der Waals surface area (Å²) in [4.78, 5) is 9.52. The molecule has 0 saturated heterocycles. The molecule has 28 heavy (non-hydrogen) atoms. The molecule has 1 N–H and O–H groups in total. The van der Waals surface area contributed by atoms with Crippen molar-refractivity contribution in [1.29, 1.82) is 0 Å². The molecule has 1 aliphatic carbocycles. The summed E-state index contributed by atoms with van der Waals surface area (Å²) >= 11 is 0. The monoisotopic (exact) mass is 369 g/mol. The number of hydrogen-bond acceptors (Lipinski definition) is 4. The molecule has 1 aromatic carbocycles. The molecule has 5 heteroatoms. The van der Waals surface area contributed by atoms with E-state index >= 15 is 0 Å². The van der Waals surface area contributed by atoms with Gasteiger partial charge in [0.15, 0.2) is 5.65 Å². The highest BCUT2D eigenvalue weighted by atomic mass is 15.3. The minimum absolute atomic E-state index is 0.673. The van der Waals surface area contributed by atoms with Crippen molar-refractivity contribution in [3.63, 3.8) is 0 Å². The smallest absolute Gasteiger partial charge is 0.165 e. The van der Waals surface area contributed by atoms with Crippen molar-refractivity contribution < 1.29 is 0 Å². The van der Waals surface area contributed by atoms with Crippen LogP contribution in [0.5, 0.6) is 0 Å². The zero-order valence-electron chi connectivity index (χ0n) is 16.0. The second kappa shape index (κ2) is 7.08. The molecule has 140 valence electrons. The quantitative estimate of drug-likeness (QED) is 0.572. The largest absolute Gasteiger partial charge is 0.364 e. The van der Waals surface area contributed by atoms with Crippen LogP contribution in [0.3, 0.4) is 0 Å². The first kappa shape index (κ1) is 16.9. The standard InChI is InChI=1S/C23H23N5/c1-16-21(17-9-3-2-4-10-17)23-26-20-13-6-5-12-19(20)22(28(23)27-16)25-15-18-11-7-8-14-24-18/h2-4,7-11,14,25H,5-6,12-13,15H2,1H3. The highest BCUT2D eigenvalue weighted by Gasteiger charge is 2.22. The molecular formula is C23H23N5. The lowest BCUT2D eigenvalue weighted by molar-refractivity contribution is 0.661. The maximum Gasteiger partial charge on any atom is 0.165 e. The van der Waals surface area contributed by atoms with Crippen molar-refractivity contribution in [3.05, 3.63) is 77.4 Å².